The van der Waals surface area contributed by atoms with Crippen LogP contribution in [0.25, 0.3) is 0 Å². The third-order valence-corrected chi connectivity index (χ3v) is 5.09. The standard InChI is InChI=1S/C16H22N6O2/c17-15(23)13-7-12(18-19-13)11-5-2-6-22(8-11)9-14-20-21-16(24-14)10-3-1-4-10/h7,10-11H,1-6,8-9H2,(H2,17,23)(H,18,19). The highest BCUT2D eigenvalue weighted by molar-refractivity contribution is 5.90. The van der Waals surface area contributed by atoms with Crippen molar-refractivity contribution in [3.63, 3.8) is 0 Å². The number of nitrogens with zero attached hydrogens (tertiary/aromatic N) is 4. The van der Waals surface area contributed by atoms with Gasteiger partial charge in [0.15, 0.2) is 0 Å². The van der Waals surface area contributed by atoms with E-state index in [1.807, 2.05) is 0 Å². The summed E-state index contributed by atoms with van der Waals surface area (Å²) in [4.78, 5) is 13.5. The SMILES string of the molecule is NC(=O)c1cc(C2CCCN(Cc3nnc(C4CCC4)o3)C2)[nH]n1. The maximum absolute atomic E-state index is 11.2. The molecule has 8 heteroatoms. The average Bonchev–Trinajstić information content (AvgIpc) is 3.16. The highest BCUT2D eigenvalue weighted by Crippen LogP contribution is 2.35. The Kier molecular flexibility index (Phi) is 4.05. The summed E-state index contributed by atoms with van der Waals surface area (Å²) in [5.74, 6) is 1.77. The van der Waals surface area contributed by atoms with E-state index >= 15 is 0 Å². The number of aromatic amines is 1. The minimum atomic E-state index is -0.500. The first-order chi connectivity index (χ1) is 11.7. The summed E-state index contributed by atoms with van der Waals surface area (Å²) < 4.78 is 5.82. The van der Waals surface area contributed by atoms with Gasteiger partial charge in [-0.3, -0.25) is 14.8 Å². The van der Waals surface area contributed by atoms with E-state index in [-0.39, 0.29) is 0 Å². The molecule has 1 amide bonds. The number of carbonyl (C=O) groups excluding carboxylic acids is 1. The summed E-state index contributed by atoms with van der Waals surface area (Å²) in [5, 5.41) is 15.3. The molecule has 4 rings (SSSR count). The van der Waals surface area contributed by atoms with Crippen molar-refractivity contribution in [1.29, 1.82) is 0 Å². The number of amides is 1. The van der Waals surface area contributed by atoms with Crippen LogP contribution in [0.4, 0.5) is 0 Å². The van der Waals surface area contributed by atoms with E-state index in [2.05, 4.69) is 25.3 Å². The Morgan fingerprint density at radius 2 is 2.12 bits per heavy atom. The molecule has 1 aliphatic carbocycles. The van der Waals surface area contributed by atoms with Gasteiger partial charge in [0.05, 0.1) is 6.54 Å². The molecule has 1 atom stereocenters. The predicted octanol–water partition coefficient (Wildman–Crippen LogP) is 1.54. The highest BCUT2D eigenvalue weighted by atomic mass is 16.4. The van der Waals surface area contributed by atoms with E-state index in [4.69, 9.17) is 10.2 Å². The van der Waals surface area contributed by atoms with Crippen LogP contribution in [-0.2, 0) is 6.54 Å². The van der Waals surface area contributed by atoms with Crippen LogP contribution in [0.2, 0.25) is 0 Å². The Morgan fingerprint density at radius 3 is 2.83 bits per heavy atom. The fourth-order valence-corrected chi connectivity index (χ4v) is 3.47. The molecule has 128 valence electrons. The lowest BCUT2D eigenvalue weighted by molar-refractivity contribution is 0.0995. The monoisotopic (exact) mass is 330 g/mol. The first-order valence-electron chi connectivity index (χ1n) is 8.59. The lowest BCUT2D eigenvalue weighted by Crippen LogP contribution is -2.34. The number of carbonyl (C=O) groups is 1. The lowest BCUT2D eigenvalue weighted by atomic mass is 9.85. The van der Waals surface area contributed by atoms with Crippen LogP contribution < -0.4 is 5.73 Å². The van der Waals surface area contributed by atoms with Crippen LogP contribution in [0.15, 0.2) is 10.5 Å². The van der Waals surface area contributed by atoms with Crippen LogP contribution >= 0.6 is 0 Å². The van der Waals surface area contributed by atoms with Crippen molar-refractivity contribution < 1.29 is 9.21 Å². The predicted molar refractivity (Wildman–Crippen MR) is 85.2 cm³/mol. The number of nitrogens with two attached hydrogens (primary N) is 1. The van der Waals surface area contributed by atoms with Gasteiger partial charge in [-0.2, -0.15) is 5.10 Å². The Labute approximate surface area is 139 Å². The second-order valence-electron chi connectivity index (χ2n) is 6.81. The molecule has 0 aromatic carbocycles. The van der Waals surface area contributed by atoms with Crippen LogP contribution in [0.1, 0.15) is 71.9 Å². The summed E-state index contributed by atoms with van der Waals surface area (Å²) in [7, 11) is 0. The summed E-state index contributed by atoms with van der Waals surface area (Å²) in [6.07, 6.45) is 5.73. The first-order valence-corrected chi connectivity index (χ1v) is 8.59. The molecule has 1 aliphatic heterocycles. The Balaban J connectivity index is 1.39. The summed E-state index contributed by atoms with van der Waals surface area (Å²) in [5.41, 5.74) is 6.53. The Hall–Kier alpha value is -2.22. The van der Waals surface area contributed by atoms with Gasteiger partial charge in [-0.1, -0.05) is 6.42 Å². The van der Waals surface area contributed by atoms with E-state index in [9.17, 15) is 4.79 Å². The zero-order chi connectivity index (χ0) is 16.5. The molecular formula is C16H22N6O2. The number of hydrogen-bond acceptors (Lipinski definition) is 6. The topological polar surface area (TPSA) is 114 Å². The maximum Gasteiger partial charge on any atom is 0.269 e. The highest BCUT2D eigenvalue weighted by Gasteiger charge is 2.27. The van der Waals surface area contributed by atoms with Crippen molar-refractivity contribution in [3.8, 4) is 0 Å². The molecule has 24 heavy (non-hydrogen) atoms. The zero-order valence-corrected chi connectivity index (χ0v) is 13.6. The molecule has 1 saturated carbocycles. The normalized spacial score (nSPS) is 22.4. The van der Waals surface area contributed by atoms with Gasteiger partial charge in [-0.25, -0.2) is 0 Å². The van der Waals surface area contributed by atoms with Crippen LogP contribution in [-0.4, -0.2) is 44.3 Å². The number of nitrogens with one attached hydrogen (secondary N) is 1. The van der Waals surface area contributed by atoms with Gasteiger partial charge in [-0.15, -0.1) is 10.2 Å². The number of aromatic nitrogens is 4. The van der Waals surface area contributed by atoms with Gasteiger partial charge in [-0.05, 0) is 38.3 Å². The fourth-order valence-electron chi connectivity index (χ4n) is 3.47. The van der Waals surface area contributed by atoms with Crippen LogP contribution in [0.3, 0.4) is 0 Å². The largest absolute Gasteiger partial charge is 0.424 e. The quantitative estimate of drug-likeness (QED) is 0.859. The first kappa shape index (κ1) is 15.3. The van der Waals surface area contributed by atoms with Gasteiger partial charge in [0.25, 0.3) is 5.91 Å². The smallest absolute Gasteiger partial charge is 0.269 e. The number of primary amides is 1. The molecule has 3 N–H and O–H groups in total. The molecule has 1 unspecified atom stereocenters. The molecule has 8 nitrogen and oxygen atoms in total. The number of rotatable bonds is 5. The fraction of sp³-hybridized carbons (Fsp3) is 0.625. The lowest BCUT2D eigenvalue weighted by Gasteiger charge is -2.31. The van der Waals surface area contributed by atoms with Gasteiger partial charge >= 0.3 is 0 Å². The van der Waals surface area contributed by atoms with E-state index in [1.54, 1.807) is 6.07 Å². The van der Waals surface area contributed by atoms with E-state index in [0.717, 1.165) is 50.4 Å². The Bertz CT molecular complexity index is 720. The molecular weight excluding hydrogens is 308 g/mol. The molecule has 0 radical (unpaired) electrons. The van der Waals surface area contributed by atoms with Gasteiger partial charge < -0.3 is 10.2 Å². The zero-order valence-electron chi connectivity index (χ0n) is 13.6. The maximum atomic E-state index is 11.2. The van der Waals surface area contributed by atoms with Crippen molar-refractivity contribution in [2.45, 2.75) is 50.5 Å². The van der Waals surface area contributed by atoms with Crippen LogP contribution in [0, 0.1) is 0 Å². The molecule has 0 bridgehead atoms. The summed E-state index contributed by atoms with van der Waals surface area (Å²) in [6.45, 7) is 2.56. The second kappa shape index (κ2) is 6.35. The van der Waals surface area contributed by atoms with Crippen molar-refractivity contribution >= 4 is 5.91 Å². The van der Waals surface area contributed by atoms with Gasteiger partial charge in [0.1, 0.15) is 5.69 Å². The summed E-state index contributed by atoms with van der Waals surface area (Å²) >= 11 is 0. The molecule has 2 aromatic rings. The Morgan fingerprint density at radius 1 is 1.29 bits per heavy atom. The number of H-pyrrole nitrogens is 1. The molecule has 1 saturated heterocycles. The minimum Gasteiger partial charge on any atom is -0.424 e. The number of hydrogen-bond donors (Lipinski definition) is 2. The van der Waals surface area contributed by atoms with E-state index in [0.29, 0.717) is 30.0 Å². The second-order valence-corrected chi connectivity index (χ2v) is 6.81. The molecule has 2 fully saturated rings. The molecule has 2 aromatic heterocycles. The molecule has 0 spiro atoms. The van der Waals surface area contributed by atoms with Crippen molar-refractivity contribution in [3.05, 3.63) is 29.2 Å². The summed E-state index contributed by atoms with van der Waals surface area (Å²) in [6, 6.07) is 1.76. The average molecular weight is 330 g/mol. The number of piperidine rings is 1. The van der Waals surface area contributed by atoms with E-state index < -0.39 is 5.91 Å². The van der Waals surface area contributed by atoms with Crippen LogP contribution in [0.5, 0.6) is 0 Å². The number of likely N-dealkylation sites (tertiary alicyclic amines) is 1. The van der Waals surface area contributed by atoms with E-state index in [1.165, 1.54) is 6.42 Å². The third-order valence-electron chi connectivity index (χ3n) is 5.09. The van der Waals surface area contributed by atoms with Gasteiger partial charge in [0, 0.05) is 24.1 Å². The molecule has 2 aliphatic rings. The third kappa shape index (κ3) is 3.06. The minimum absolute atomic E-state index is 0.296. The van der Waals surface area contributed by atoms with Crippen molar-refractivity contribution in [1.82, 2.24) is 25.3 Å². The van der Waals surface area contributed by atoms with Gasteiger partial charge in [0.2, 0.25) is 11.8 Å². The van der Waals surface area contributed by atoms with Crippen molar-refractivity contribution in [2.24, 2.45) is 5.73 Å². The van der Waals surface area contributed by atoms with Crippen molar-refractivity contribution in [2.75, 3.05) is 13.1 Å². The molecule has 3 heterocycles.